The number of para-hydroxylation sites is 1. The molecule has 2 atom stereocenters. The summed E-state index contributed by atoms with van der Waals surface area (Å²) in [7, 11) is 0. The van der Waals surface area contributed by atoms with Crippen LogP contribution in [0.25, 0.3) is 11.5 Å². The summed E-state index contributed by atoms with van der Waals surface area (Å²) in [4.78, 5) is 31.1. The molecule has 1 aromatic carbocycles. The van der Waals surface area contributed by atoms with Gasteiger partial charge in [-0.1, -0.05) is 32.0 Å². The number of hydrogen-bond acceptors (Lipinski definition) is 4. The maximum Gasteiger partial charge on any atom is 0.259 e. The number of hydrogen-bond donors (Lipinski definition) is 1. The van der Waals surface area contributed by atoms with Gasteiger partial charge in [0.1, 0.15) is 5.56 Å². The number of nitrogens with zero attached hydrogens (tertiary/aromatic N) is 5. The number of piperidine rings is 2. The first kappa shape index (κ1) is 27.2. The van der Waals surface area contributed by atoms with Crippen LogP contribution in [0.2, 0.25) is 0 Å². The van der Waals surface area contributed by atoms with Gasteiger partial charge in [-0.25, -0.2) is 4.68 Å². The van der Waals surface area contributed by atoms with E-state index in [0.29, 0.717) is 37.2 Å². The monoisotopic (exact) mass is 530 g/mol. The quantitative estimate of drug-likeness (QED) is 0.441. The fraction of sp³-hybridized carbons (Fsp3) is 0.516. The molecule has 0 radical (unpaired) electrons. The van der Waals surface area contributed by atoms with E-state index in [1.54, 1.807) is 0 Å². The van der Waals surface area contributed by atoms with Crippen LogP contribution in [0.3, 0.4) is 0 Å². The van der Waals surface area contributed by atoms with Crippen molar-refractivity contribution in [3.63, 3.8) is 0 Å². The van der Waals surface area contributed by atoms with Crippen molar-refractivity contribution >= 4 is 11.8 Å². The van der Waals surface area contributed by atoms with E-state index in [4.69, 9.17) is 5.10 Å². The van der Waals surface area contributed by atoms with Gasteiger partial charge in [0, 0.05) is 51.0 Å². The Hall–Kier alpha value is -3.39. The summed E-state index contributed by atoms with van der Waals surface area (Å²) in [6.45, 7) is 11.8. The molecule has 2 aliphatic heterocycles. The number of likely N-dealkylation sites (tertiary alicyclic amines) is 2. The number of benzene rings is 1. The summed E-state index contributed by atoms with van der Waals surface area (Å²) in [6, 6.07) is 13.8. The lowest BCUT2D eigenvalue weighted by Gasteiger charge is -2.35. The fourth-order valence-electron chi connectivity index (χ4n) is 6.36. The highest BCUT2D eigenvalue weighted by molar-refractivity contribution is 5.99. The predicted octanol–water partition coefficient (Wildman–Crippen LogP) is 4.31. The highest BCUT2D eigenvalue weighted by Gasteiger charge is 2.32. The number of aromatic nitrogens is 3. The largest absolute Gasteiger partial charge is 0.356 e. The summed E-state index contributed by atoms with van der Waals surface area (Å²) < 4.78 is 3.79. The normalized spacial score (nSPS) is 20.7. The van der Waals surface area contributed by atoms with E-state index in [-0.39, 0.29) is 17.7 Å². The third-order valence-corrected chi connectivity index (χ3v) is 8.15. The van der Waals surface area contributed by atoms with Gasteiger partial charge in [-0.2, -0.15) is 5.10 Å². The lowest BCUT2D eigenvalue weighted by molar-refractivity contribution is -0.126. The number of carbonyl (C=O) groups is 2. The summed E-state index contributed by atoms with van der Waals surface area (Å²) in [5.41, 5.74) is 2.22. The summed E-state index contributed by atoms with van der Waals surface area (Å²) in [5.74, 6) is 2.32. The molecule has 0 spiro atoms. The van der Waals surface area contributed by atoms with E-state index >= 15 is 0 Å². The second-order valence-corrected chi connectivity index (χ2v) is 11.5. The van der Waals surface area contributed by atoms with E-state index < -0.39 is 0 Å². The van der Waals surface area contributed by atoms with E-state index in [1.165, 1.54) is 19.5 Å². The Bertz CT molecular complexity index is 1230. The molecule has 0 aliphatic carbocycles. The number of carbonyl (C=O) groups excluding carboxylic acids is 2. The molecular weight excluding hydrogens is 488 g/mol. The minimum Gasteiger partial charge on any atom is -0.356 e. The zero-order valence-electron chi connectivity index (χ0n) is 23.6. The maximum atomic E-state index is 13.8. The van der Waals surface area contributed by atoms with Gasteiger partial charge < -0.3 is 19.7 Å². The molecule has 208 valence electrons. The number of nitrogens with one attached hydrogen (secondary N) is 1. The first-order valence-electron chi connectivity index (χ1n) is 14.5. The molecule has 5 rings (SSSR count). The Morgan fingerprint density at radius 1 is 0.974 bits per heavy atom. The molecule has 0 bridgehead atoms. The number of amides is 2. The van der Waals surface area contributed by atoms with Crippen LogP contribution >= 0.6 is 0 Å². The standard InChI is InChI=1S/C31H42N6O2/c1-23-20-24(2)22-34(21-23)15-9-14-32-29(38)26-12-18-36(19-13-26)31(39)28-25(3)33-37(27-10-5-4-6-11-27)30(28)35-16-7-8-17-35/h4-8,10-11,16-17,23-24,26H,9,12-15,18-22H2,1-3H3,(H,32,38)/t23-,24-/m1/s1. The van der Waals surface area contributed by atoms with Crippen molar-refractivity contribution in [2.45, 2.75) is 46.5 Å². The molecule has 3 aromatic rings. The minimum atomic E-state index is -0.0406. The summed E-state index contributed by atoms with van der Waals surface area (Å²) in [6.07, 6.45) is 7.55. The second kappa shape index (κ2) is 12.2. The Morgan fingerprint density at radius 2 is 1.64 bits per heavy atom. The smallest absolute Gasteiger partial charge is 0.259 e. The predicted molar refractivity (Wildman–Crippen MR) is 153 cm³/mol. The molecule has 2 fully saturated rings. The van der Waals surface area contributed by atoms with Crippen molar-refractivity contribution < 1.29 is 9.59 Å². The summed E-state index contributed by atoms with van der Waals surface area (Å²) >= 11 is 0. The van der Waals surface area contributed by atoms with E-state index in [9.17, 15) is 9.59 Å². The lowest BCUT2D eigenvalue weighted by Crippen LogP contribution is -2.44. The van der Waals surface area contributed by atoms with Crippen molar-refractivity contribution in [2.24, 2.45) is 17.8 Å². The first-order valence-corrected chi connectivity index (χ1v) is 14.5. The van der Waals surface area contributed by atoms with Crippen LogP contribution in [-0.2, 0) is 4.79 Å². The third-order valence-electron chi connectivity index (χ3n) is 8.15. The van der Waals surface area contributed by atoms with Gasteiger partial charge in [0.15, 0.2) is 5.82 Å². The number of rotatable bonds is 8. The average Bonchev–Trinajstić information content (AvgIpc) is 3.58. The second-order valence-electron chi connectivity index (χ2n) is 11.5. The molecule has 8 heteroatoms. The van der Waals surface area contributed by atoms with Crippen molar-refractivity contribution in [2.75, 3.05) is 39.3 Å². The Morgan fingerprint density at radius 3 is 2.31 bits per heavy atom. The topological polar surface area (TPSA) is 75.4 Å². The zero-order valence-corrected chi connectivity index (χ0v) is 23.6. The SMILES string of the molecule is Cc1nn(-c2ccccc2)c(-n2cccc2)c1C(=O)N1CCC(C(=O)NCCCN2C[C@H](C)C[C@@H](C)C2)CC1. The van der Waals surface area contributed by atoms with Gasteiger partial charge in [-0.15, -0.1) is 0 Å². The molecule has 4 heterocycles. The molecule has 8 nitrogen and oxygen atoms in total. The Balaban J connectivity index is 1.18. The molecule has 2 saturated heterocycles. The average molecular weight is 531 g/mol. The molecule has 39 heavy (non-hydrogen) atoms. The van der Waals surface area contributed by atoms with Gasteiger partial charge in [-0.05, 0) is 75.3 Å². The molecule has 2 aromatic heterocycles. The van der Waals surface area contributed by atoms with Crippen molar-refractivity contribution in [3.05, 3.63) is 66.1 Å². The molecule has 0 unspecified atom stereocenters. The molecule has 1 N–H and O–H groups in total. The minimum absolute atomic E-state index is 0.0257. The Kier molecular flexibility index (Phi) is 8.50. The van der Waals surface area contributed by atoms with Crippen molar-refractivity contribution in [3.8, 4) is 11.5 Å². The van der Waals surface area contributed by atoms with E-state index in [1.807, 2.05) is 75.9 Å². The lowest BCUT2D eigenvalue weighted by atomic mass is 9.92. The van der Waals surface area contributed by atoms with Crippen LogP contribution < -0.4 is 5.32 Å². The first-order chi connectivity index (χ1) is 18.9. The fourth-order valence-corrected chi connectivity index (χ4v) is 6.36. The van der Waals surface area contributed by atoms with Gasteiger partial charge >= 0.3 is 0 Å². The van der Waals surface area contributed by atoms with Gasteiger partial charge in [0.2, 0.25) is 5.91 Å². The van der Waals surface area contributed by atoms with E-state index in [0.717, 1.165) is 42.9 Å². The molecule has 2 amide bonds. The summed E-state index contributed by atoms with van der Waals surface area (Å²) in [5, 5.41) is 7.92. The van der Waals surface area contributed by atoms with Crippen LogP contribution in [0.1, 0.15) is 55.6 Å². The van der Waals surface area contributed by atoms with Gasteiger partial charge in [0.25, 0.3) is 5.91 Å². The van der Waals surface area contributed by atoms with Crippen LogP contribution in [0.4, 0.5) is 0 Å². The van der Waals surface area contributed by atoms with Crippen LogP contribution in [0.15, 0.2) is 54.9 Å². The zero-order chi connectivity index (χ0) is 27.4. The maximum absolute atomic E-state index is 13.8. The number of aryl methyl sites for hydroxylation is 1. The molecule has 0 saturated carbocycles. The van der Waals surface area contributed by atoms with Crippen LogP contribution in [-0.4, -0.2) is 75.2 Å². The van der Waals surface area contributed by atoms with Crippen molar-refractivity contribution in [1.29, 1.82) is 0 Å². The van der Waals surface area contributed by atoms with Crippen LogP contribution in [0, 0.1) is 24.7 Å². The van der Waals surface area contributed by atoms with Gasteiger partial charge in [0.05, 0.1) is 11.4 Å². The van der Waals surface area contributed by atoms with E-state index in [2.05, 4.69) is 24.1 Å². The highest BCUT2D eigenvalue weighted by atomic mass is 16.2. The van der Waals surface area contributed by atoms with Crippen molar-refractivity contribution in [1.82, 2.24) is 29.5 Å². The third kappa shape index (κ3) is 6.27. The van der Waals surface area contributed by atoms with Crippen LogP contribution in [0.5, 0.6) is 0 Å². The highest BCUT2D eigenvalue weighted by Crippen LogP contribution is 2.27. The molecular formula is C31H42N6O2. The molecule has 2 aliphatic rings. The van der Waals surface area contributed by atoms with Gasteiger partial charge in [-0.3, -0.25) is 9.59 Å². The Labute approximate surface area is 232 Å².